The second-order valence-electron chi connectivity index (χ2n) is 4.73. The molecule has 15 heavy (non-hydrogen) atoms. The van der Waals surface area contributed by atoms with Crippen LogP contribution in [0.5, 0.6) is 0 Å². The first-order valence-corrected chi connectivity index (χ1v) is 6.14. The van der Waals surface area contributed by atoms with Gasteiger partial charge in [0.05, 0.1) is 0 Å². The van der Waals surface area contributed by atoms with Gasteiger partial charge in [-0.05, 0) is 51.2 Å². The Bertz CT molecular complexity index is 140. The lowest BCUT2D eigenvalue weighted by atomic mass is 9.95. The van der Waals surface area contributed by atoms with Gasteiger partial charge < -0.3 is 10.4 Å². The fourth-order valence-corrected chi connectivity index (χ4v) is 1.39. The molecule has 0 aliphatic rings. The zero-order chi connectivity index (χ0) is 11.7. The molecule has 1 unspecified atom stereocenters. The highest BCUT2D eigenvalue weighted by atomic mass is 16.3. The van der Waals surface area contributed by atoms with Gasteiger partial charge in [0.2, 0.25) is 0 Å². The molecular formula is C12H28N2O. The van der Waals surface area contributed by atoms with Crippen molar-refractivity contribution in [1.29, 1.82) is 0 Å². The van der Waals surface area contributed by atoms with Gasteiger partial charge in [0.1, 0.15) is 6.23 Å². The van der Waals surface area contributed by atoms with E-state index in [2.05, 4.69) is 31.4 Å². The molecule has 0 radical (unpaired) electrons. The van der Waals surface area contributed by atoms with E-state index in [1.165, 1.54) is 0 Å². The van der Waals surface area contributed by atoms with Crippen LogP contribution in [0.1, 0.15) is 40.0 Å². The van der Waals surface area contributed by atoms with Crippen LogP contribution in [0.4, 0.5) is 0 Å². The summed E-state index contributed by atoms with van der Waals surface area (Å²) in [5.41, 5.74) is 0. The molecule has 0 rings (SSSR count). The van der Waals surface area contributed by atoms with E-state index < -0.39 is 0 Å². The maximum absolute atomic E-state index is 9.59. The van der Waals surface area contributed by atoms with E-state index in [0.29, 0.717) is 0 Å². The molecular weight excluding hydrogens is 188 g/mol. The van der Waals surface area contributed by atoms with Crippen molar-refractivity contribution in [2.75, 3.05) is 20.1 Å². The molecule has 0 saturated heterocycles. The topological polar surface area (TPSA) is 44.3 Å². The Kier molecular flexibility index (Phi) is 9.06. The first-order valence-electron chi connectivity index (χ1n) is 6.14. The molecule has 0 aliphatic heterocycles. The summed E-state index contributed by atoms with van der Waals surface area (Å²) in [6.45, 7) is 8.64. The van der Waals surface area contributed by atoms with E-state index >= 15 is 0 Å². The fraction of sp³-hybridized carbons (Fsp3) is 1.00. The molecule has 2 atom stereocenters. The van der Waals surface area contributed by atoms with E-state index in [0.717, 1.165) is 44.2 Å². The number of aliphatic hydroxyl groups excluding tert-OH is 1. The fourth-order valence-electron chi connectivity index (χ4n) is 1.39. The van der Waals surface area contributed by atoms with Crippen molar-refractivity contribution < 1.29 is 5.11 Å². The minimum Gasteiger partial charge on any atom is -0.379 e. The number of rotatable bonds is 9. The molecule has 3 N–H and O–H groups in total. The molecule has 0 fully saturated rings. The molecule has 0 saturated carbocycles. The van der Waals surface area contributed by atoms with Crippen molar-refractivity contribution in [3.63, 3.8) is 0 Å². The average Bonchev–Trinajstić information content (AvgIpc) is 2.18. The first kappa shape index (κ1) is 14.9. The van der Waals surface area contributed by atoms with Crippen LogP contribution >= 0.6 is 0 Å². The lowest BCUT2D eigenvalue weighted by Gasteiger charge is -2.17. The Morgan fingerprint density at radius 1 is 1.07 bits per heavy atom. The Balaban J connectivity index is 3.34. The Morgan fingerprint density at radius 3 is 2.27 bits per heavy atom. The summed E-state index contributed by atoms with van der Waals surface area (Å²) in [6, 6.07) is 0. The zero-order valence-electron chi connectivity index (χ0n) is 10.7. The van der Waals surface area contributed by atoms with Gasteiger partial charge in [-0.25, -0.2) is 0 Å². The largest absolute Gasteiger partial charge is 0.379 e. The summed E-state index contributed by atoms with van der Waals surface area (Å²) in [7, 11) is 1.93. The quantitative estimate of drug-likeness (QED) is 0.405. The number of aliphatic hydroxyl groups is 1. The van der Waals surface area contributed by atoms with Crippen LogP contribution in [0.3, 0.4) is 0 Å². The Morgan fingerprint density at radius 2 is 1.73 bits per heavy atom. The zero-order valence-corrected chi connectivity index (χ0v) is 10.7. The van der Waals surface area contributed by atoms with Crippen molar-refractivity contribution in [2.24, 2.45) is 11.8 Å². The number of hydrogen-bond acceptors (Lipinski definition) is 3. The van der Waals surface area contributed by atoms with Gasteiger partial charge >= 0.3 is 0 Å². The predicted molar refractivity (Wildman–Crippen MR) is 65.8 cm³/mol. The van der Waals surface area contributed by atoms with Gasteiger partial charge in [-0.2, -0.15) is 0 Å². The third-order valence-electron chi connectivity index (χ3n) is 3.02. The molecule has 0 bridgehead atoms. The summed E-state index contributed by atoms with van der Waals surface area (Å²) in [6.07, 6.45) is 2.65. The van der Waals surface area contributed by atoms with Crippen molar-refractivity contribution in [2.45, 2.75) is 46.3 Å². The molecule has 0 heterocycles. The summed E-state index contributed by atoms with van der Waals surface area (Å²) in [5, 5.41) is 15.8. The summed E-state index contributed by atoms with van der Waals surface area (Å²) in [4.78, 5) is 0. The van der Waals surface area contributed by atoms with Gasteiger partial charge in [-0.1, -0.05) is 20.8 Å². The second-order valence-corrected chi connectivity index (χ2v) is 4.73. The molecule has 3 heteroatoms. The standard InChI is InChI=1S/C12H28N2O/c1-10(2)11(3)7-9-14-12(15)6-5-8-13-4/h10-15H,5-9H2,1-4H3/t11-,12?/m0/s1. The van der Waals surface area contributed by atoms with E-state index in [-0.39, 0.29) is 6.23 Å². The van der Waals surface area contributed by atoms with Crippen LogP contribution in [0.25, 0.3) is 0 Å². The Labute approximate surface area is 94.6 Å². The van der Waals surface area contributed by atoms with Crippen molar-refractivity contribution >= 4 is 0 Å². The van der Waals surface area contributed by atoms with Crippen molar-refractivity contribution in [1.82, 2.24) is 10.6 Å². The van der Waals surface area contributed by atoms with Gasteiger partial charge in [0.15, 0.2) is 0 Å². The number of hydrogen-bond donors (Lipinski definition) is 3. The van der Waals surface area contributed by atoms with Crippen LogP contribution in [0.15, 0.2) is 0 Å². The molecule has 3 nitrogen and oxygen atoms in total. The molecule has 0 spiro atoms. The van der Waals surface area contributed by atoms with Gasteiger partial charge in [-0.15, -0.1) is 0 Å². The SMILES string of the molecule is CNCCCC(O)NCC[C@H](C)C(C)C. The average molecular weight is 216 g/mol. The summed E-state index contributed by atoms with van der Waals surface area (Å²) >= 11 is 0. The molecule has 92 valence electrons. The highest BCUT2D eigenvalue weighted by molar-refractivity contribution is 4.61. The van der Waals surface area contributed by atoms with Crippen molar-refractivity contribution in [3.8, 4) is 0 Å². The molecule has 0 aromatic carbocycles. The lowest BCUT2D eigenvalue weighted by molar-refractivity contribution is 0.122. The van der Waals surface area contributed by atoms with Crippen LogP contribution in [-0.4, -0.2) is 31.5 Å². The molecule has 0 amide bonds. The molecule has 0 aliphatic carbocycles. The van der Waals surface area contributed by atoms with E-state index in [4.69, 9.17) is 0 Å². The van der Waals surface area contributed by atoms with Gasteiger partial charge in [0.25, 0.3) is 0 Å². The monoisotopic (exact) mass is 216 g/mol. The minimum absolute atomic E-state index is 0.335. The maximum Gasteiger partial charge on any atom is 0.104 e. The first-order chi connectivity index (χ1) is 7.07. The second kappa shape index (κ2) is 9.13. The third-order valence-corrected chi connectivity index (χ3v) is 3.02. The van der Waals surface area contributed by atoms with E-state index in [1.54, 1.807) is 0 Å². The van der Waals surface area contributed by atoms with Crippen LogP contribution in [-0.2, 0) is 0 Å². The van der Waals surface area contributed by atoms with Gasteiger partial charge in [0, 0.05) is 0 Å². The Hall–Kier alpha value is -0.120. The summed E-state index contributed by atoms with van der Waals surface area (Å²) in [5.74, 6) is 1.45. The smallest absolute Gasteiger partial charge is 0.104 e. The third kappa shape index (κ3) is 8.85. The van der Waals surface area contributed by atoms with E-state index in [1.807, 2.05) is 7.05 Å². The van der Waals surface area contributed by atoms with Crippen LogP contribution in [0, 0.1) is 11.8 Å². The number of nitrogens with one attached hydrogen (secondary N) is 2. The highest BCUT2D eigenvalue weighted by Gasteiger charge is 2.07. The molecule has 0 aromatic rings. The minimum atomic E-state index is -0.335. The van der Waals surface area contributed by atoms with Gasteiger partial charge in [-0.3, -0.25) is 5.32 Å². The van der Waals surface area contributed by atoms with Crippen LogP contribution in [0.2, 0.25) is 0 Å². The van der Waals surface area contributed by atoms with Crippen LogP contribution < -0.4 is 10.6 Å². The lowest BCUT2D eigenvalue weighted by Crippen LogP contribution is -2.31. The maximum atomic E-state index is 9.59. The highest BCUT2D eigenvalue weighted by Crippen LogP contribution is 2.12. The normalized spacial score (nSPS) is 15.6. The summed E-state index contributed by atoms with van der Waals surface area (Å²) < 4.78 is 0. The van der Waals surface area contributed by atoms with Crippen molar-refractivity contribution in [3.05, 3.63) is 0 Å². The predicted octanol–water partition coefficient (Wildman–Crippen LogP) is 1.58. The molecule has 0 aromatic heterocycles. The van der Waals surface area contributed by atoms with E-state index in [9.17, 15) is 5.11 Å².